The van der Waals surface area contributed by atoms with Crippen molar-refractivity contribution in [2.24, 2.45) is 4.99 Å². The van der Waals surface area contributed by atoms with Gasteiger partial charge in [0.25, 0.3) is 0 Å². The van der Waals surface area contributed by atoms with Gasteiger partial charge in [-0.05, 0) is 30.0 Å². The number of aliphatic imine (C=N–C) groups is 1. The summed E-state index contributed by atoms with van der Waals surface area (Å²) in [4.78, 5) is 6.11. The van der Waals surface area contributed by atoms with Gasteiger partial charge in [-0.25, -0.2) is 0 Å². The summed E-state index contributed by atoms with van der Waals surface area (Å²) in [6.07, 6.45) is 5.05. The quantitative estimate of drug-likeness (QED) is 0.506. The first-order valence-electron chi connectivity index (χ1n) is 10.3. The summed E-state index contributed by atoms with van der Waals surface area (Å²) in [6, 6.07) is 8.14. The van der Waals surface area contributed by atoms with E-state index in [0.717, 1.165) is 50.5 Å². The second-order valence-electron chi connectivity index (χ2n) is 7.28. The van der Waals surface area contributed by atoms with Crippen molar-refractivity contribution in [2.45, 2.75) is 37.6 Å². The standard InChI is InChI=1S/C21H29N3O4S/c1-3-17(26-11-1)5-9-22-20(23-10-6-19-4-2-14-29-19)24-15-18-16-27-21(28-18)7-12-25-13-8-21/h1-4,11,14,18H,5-10,12-13,15-16H2,(H2,22,23,24). The molecule has 158 valence electrons. The molecule has 4 rings (SSSR count). The van der Waals surface area contributed by atoms with E-state index in [1.165, 1.54) is 4.88 Å². The van der Waals surface area contributed by atoms with Crippen LogP contribution in [0.3, 0.4) is 0 Å². The average Bonchev–Trinajstić information content (AvgIpc) is 3.50. The molecule has 8 heteroatoms. The predicted octanol–water partition coefficient (Wildman–Crippen LogP) is 2.58. The highest BCUT2D eigenvalue weighted by Gasteiger charge is 2.42. The summed E-state index contributed by atoms with van der Waals surface area (Å²) in [5.41, 5.74) is 0. The highest BCUT2D eigenvalue weighted by molar-refractivity contribution is 7.09. The predicted molar refractivity (Wildman–Crippen MR) is 112 cm³/mol. The highest BCUT2D eigenvalue weighted by Crippen LogP contribution is 2.33. The fraction of sp³-hybridized carbons (Fsp3) is 0.571. The number of thiophene rings is 1. The summed E-state index contributed by atoms with van der Waals surface area (Å²) >= 11 is 1.78. The van der Waals surface area contributed by atoms with Gasteiger partial charge in [0.1, 0.15) is 11.9 Å². The smallest absolute Gasteiger partial charge is 0.191 e. The Morgan fingerprint density at radius 3 is 2.76 bits per heavy atom. The van der Waals surface area contributed by atoms with E-state index in [2.05, 4.69) is 28.1 Å². The molecule has 1 unspecified atom stereocenters. The molecule has 1 atom stereocenters. The Bertz CT molecular complexity index is 700. The third-order valence-electron chi connectivity index (χ3n) is 5.11. The Morgan fingerprint density at radius 2 is 2.00 bits per heavy atom. The van der Waals surface area contributed by atoms with Gasteiger partial charge in [0.15, 0.2) is 11.7 Å². The summed E-state index contributed by atoms with van der Waals surface area (Å²) in [5.74, 6) is 1.30. The van der Waals surface area contributed by atoms with Gasteiger partial charge in [-0.3, -0.25) is 4.99 Å². The van der Waals surface area contributed by atoms with Crippen molar-refractivity contribution in [1.82, 2.24) is 10.6 Å². The molecule has 2 aliphatic heterocycles. The first-order chi connectivity index (χ1) is 14.3. The van der Waals surface area contributed by atoms with E-state index in [-0.39, 0.29) is 6.10 Å². The van der Waals surface area contributed by atoms with Crippen LogP contribution in [0.25, 0.3) is 0 Å². The van der Waals surface area contributed by atoms with E-state index in [9.17, 15) is 0 Å². The molecule has 0 saturated carbocycles. The largest absolute Gasteiger partial charge is 0.469 e. The monoisotopic (exact) mass is 419 g/mol. The molecule has 2 aliphatic rings. The number of nitrogens with one attached hydrogen (secondary N) is 2. The van der Waals surface area contributed by atoms with E-state index in [1.807, 2.05) is 12.1 Å². The van der Waals surface area contributed by atoms with Crippen LogP contribution in [0, 0.1) is 0 Å². The van der Waals surface area contributed by atoms with Crippen molar-refractivity contribution in [3.8, 4) is 0 Å². The fourth-order valence-electron chi connectivity index (χ4n) is 3.54. The lowest BCUT2D eigenvalue weighted by molar-refractivity contribution is -0.210. The minimum absolute atomic E-state index is 0.0194. The SMILES string of the molecule is c1coc(CCNC(=NCC2COC3(CCOCC3)O2)NCCc2cccs2)c1. The van der Waals surface area contributed by atoms with Crippen LogP contribution in [-0.2, 0) is 27.1 Å². The fourth-order valence-corrected chi connectivity index (χ4v) is 4.25. The van der Waals surface area contributed by atoms with Gasteiger partial charge in [0.05, 0.1) is 32.6 Å². The first kappa shape index (κ1) is 20.4. The lowest BCUT2D eigenvalue weighted by Gasteiger charge is -2.31. The molecule has 29 heavy (non-hydrogen) atoms. The molecule has 2 aromatic rings. The number of hydrogen-bond acceptors (Lipinski definition) is 6. The van der Waals surface area contributed by atoms with Crippen LogP contribution in [0.15, 0.2) is 45.3 Å². The molecule has 2 fully saturated rings. The molecule has 0 aliphatic carbocycles. The van der Waals surface area contributed by atoms with Gasteiger partial charge in [-0.15, -0.1) is 11.3 Å². The molecule has 2 saturated heterocycles. The maximum atomic E-state index is 6.19. The molecular weight excluding hydrogens is 390 g/mol. The van der Waals surface area contributed by atoms with E-state index in [4.69, 9.17) is 23.6 Å². The molecule has 0 radical (unpaired) electrons. The van der Waals surface area contributed by atoms with Gasteiger partial charge in [-0.2, -0.15) is 0 Å². The van der Waals surface area contributed by atoms with Gasteiger partial charge in [-0.1, -0.05) is 6.07 Å². The number of nitrogens with zero attached hydrogens (tertiary/aromatic N) is 1. The van der Waals surface area contributed by atoms with Crippen LogP contribution in [0.4, 0.5) is 0 Å². The molecule has 2 aromatic heterocycles. The van der Waals surface area contributed by atoms with E-state index in [1.54, 1.807) is 17.6 Å². The van der Waals surface area contributed by atoms with Crippen LogP contribution in [0.5, 0.6) is 0 Å². The topological polar surface area (TPSA) is 77.3 Å². The number of ether oxygens (including phenoxy) is 3. The Labute approximate surface area is 175 Å². The third kappa shape index (κ3) is 6.05. The van der Waals surface area contributed by atoms with Crippen LogP contribution < -0.4 is 10.6 Å². The van der Waals surface area contributed by atoms with Crippen molar-refractivity contribution in [3.05, 3.63) is 46.5 Å². The van der Waals surface area contributed by atoms with E-state index < -0.39 is 5.79 Å². The molecule has 0 amide bonds. The van der Waals surface area contributed by atoms with E-state index in [0.29, 0.717) is 26.4 Å². The Hall–Kier alpha value is -1.87. The summed E-state index contributed by atoms with van der Waals surface area (Å²) in [6.45, 7) is 4.12. The maximum Gasteiger partial charge on any atom is 0.191 e. The molecule has 2 N–H and O–H groups in total. The molecule has 0 aromatic carbocycles. The maximum absolute atomic E-state index is 6.19. The summed E-state index contributed by atoms with van der Waals surface area (Å²) in [7, 11) is 0. The van der Waals surface area contributed by atoms with Gasteiger partial charge < -0.3 is 29.3 Å². The van der Waals surface area contributed by atoms with E-state index >= 15 is 0 Å². The normalized spacial score (nSPS) is 21.5. The van der Waals surface area contributed by atoms with Gasteiger partial charge in [0, 0.05) is 37.2 Å². The van der Waals surface area contributed by atoms with Crippen LogP contribution in [0.2, 0.25) is 0 Å². The Balaban J connectivity index is 1.28. The summed E-state index contributed by atoms with van der Waals surface area (Å²) in [5, 5.41) is 8.94. The van der Waals surface area contributed by atoms with Gasteiger partial charge >= 0.3 is 0 Å². The molecule has 7 nitrogen and oxygen atoms in total. The second kappa shape index (κ2) is 10.2. The van der Waals surface area contributed by atoms with Gasteiger partial charge in [0.2, 0.25) is 0 Å². The minimum Gasteiger partial charge on any atom is -0.469 e. The molecular formula is C21H29N3O4S. The van der Waals surface area contributed by atoms with Crippen LogP contribution in [0.1, 0.15) is 23.5 Å². The number of hydrogen-bond donors (Lipinski definition) is 2. The molecule has 4 heterocycles. The zero-order chi connectivity index (χ0) is 19.8. The molecule has 0 bridgehead atoms. The average molecular weight is 420 g/mol. The number of furan rings is 1. The zero-order valence-corrected chi connectivity index (χ0v) is 17.4. The number of guanidine groups is 1. The highest BCUT2D eigenvalue weighted by atomic mass is 32.1. The molecule has 1 spiro atoms. The van der Waals surface area contributed by atoms with Crippen molar-refractivity contribution in [3.63, 3.8) is 0 Å². The van der Waals surface area contributed by atoms with Crippen molar-refractivity contribution in [2.75, 3.05) is 39.5 Å². The minimum atomic E-state index is -0.460. The Kier molecular flexibility index (Phi) is 7.21. The lowest BCUT2D eigenvalue weighted by Crippen LogP contribution is -2.40. The lowest BCUT2D eigenvalue weighted by atomic mass is 10.1. The van der Waals surface area contributed by atoms with Crippen molar-refractivity contribution >= 4 is 17.3 Å². The zero-order valence-electron chi connectivity index (χ0n) is 16.6. The van der Waals surface area contributed by atoms with Crippen LogP contribution in [-0.4, -0.2) is 57.3 Å². The van der Waals surface area contributed by atoms with Crippen molar-refractivity contribution < 1.29 is 18.6 Å². The third-order valence-corrected chi connectivity index (χ3v) is 6.05. The number of rotatable bonds is 8. The Morgan fingerprint density at radius 1 is 1.14 bits per heavy atom. The van der Waals surface area contributed by atoms with Crippen molar-refractivity contribution in [1.29, 1.82) is 0 Å². The van der Waals surface area contributed by atoms with Crippen LogP contribution >= 0.6 is 11.3 Å². The second-order valence-corrected chi connectivity index (χ2v) is 8.31. The first-order valence-corrected chi connectivity index (χ1v) is 11.2. The summed E-state index contributed by atoms with van der Waals surface area (Å²) < 4.78 is 23.0.